The number of benzene rings is 2. The van der Waals surface area contributed by atoms with Gasteiger partial charge in [0.25, 0.3) is 0 Å². The first-order chi connectivity index (χ1) is 14.8. The van der Waals surface area contributed by atoms with Crippen LogP contribution in [0.25, 0.3) is 11.0 Å². The highest BCUT2D eigenvalue weighted by molar-refractivity contribution is 7.89. The van der Waals surface area contributed by atoms with E-state index in [1.165, 1.54) is 24.5 Å². The first-order valence-corrected chi connectivity index (χ1v) is 11.9. The Kier molecular flexibility index (Phi) is 6.00. The number of piperazine rings is 1. The summed E-state index contributed by atoms with van der Waals surface area (Å²) in [5, 5.41) is 0. The van der Waals surface area contributed by atoms with E-state index in [4.69, 9.17) is 4.98 Å². The van der Waals surface area contributed by atoms with Gasteiger partial charge < -0.3 is 9.47 Å². The summed E-state index contributed by atoms with van der Waals surface area (Å²) in [6.07, 6.45) is 0. The highest BCUT2D eigenvalue weighted by Crippen LogP contribution is 2.24. The van der Waals surface area contributed by atoms with Crippen LogP contribution in [-0.2, 0) is 23.1 Å². The predicted octanol–water partition coefficient (Wildman–Crippen LogP) is 2.77. The number of sulfonamides is 1. The Labute approximate surface area is 182 Å². The lowest BCUT2D eigenvalue weighted by Crippen LogP contribution is -2.46. The van der Waals surface area contributed by atoms with Gasteiger partial charge in [0.05, 0.1) is 28.2 Å². The van der Waals surface area contributed by atoms with Gasteiger partial charge in [-0.1, -0.05) is 12.1 Å². The molecule has 2 heterocycles. The first-order valence-electron chi connectivity index (χ1n) is 10.4. The number of aromatic nitrogens is 2. The summed E-state index contributed by atoms with van der Waals surface area (Å²) in [5.41, 5.74) is 2.27. The Morgan fingerprint density at radius 1 is 1.06 bits per heavy atom. The normalized spacial score (nSPS) is 15.8. The second-order valence-electron chi connectivity index (χ2n) is 7.92. The van der Waals surface area contributed by atoms with E-state index in [1.54, 1.807) is 18.2 Å². The Bertz CT molecular complexity index is 1180. The van der Waals surface area contributed by atoms with Crippen molar-refractivity contribution in [3.05, 3.63) is 54.1 Å². The van der Waals surface area contributed by atoms with Crippen molar-refractivity contribution in [1.29, 1.82) is 0 Å². The third kappa shape index (κ3) is 4.17. The van der Waals surface area contributed by atoms with Crippen molar-refractivity contribution in [2.45, 2.75) is 24.9 Å². The van der Waals surface area contributed by atoms with Crippen LogP contribution in [0.4, 0.5) is 10.1 Å². The van der Waals surface area contributed by atoms with Crippen molar-refractivity contribution in [3.8, 4) is 0 Å². The number of rotatable bonds is 6. The average Bonchev–Trinajstić information content (AvgIpc) is 3.10. The lowest BCUT2D eigenvalue weighted by molar-refractivity contribution is 0.241. The van der Waals surface area contributed by atoms with Gasteiger partial charge in [0.15, 0.2) is 0 Å². The molecule has 4 rings (SSSR count). The van der Waals surface area contributed by atoms with Crippen molar-refractivity contribution in [3.63, 3.8) is 0 Å². The van der Waals surface area contributed by atoms with E-state index in [-0.39, 0.29) is 10.7 Å². The van der Waals surface area contributed by atoms with Gasteiger partial charge in [0, 0.05) is 46.8 Å². The van der Waals surface area contributed by atoms with Crippen LogP contribution in [0, 0.1) is 5.82 Å². The van der Waals surface area contributed by atoms with Crippen LogP contribution in [0.15, 0.2) is 47.4 Å². The number of imidazole rings is 1. The van der Waals surface area contributed by atoms with Gasteiger partial charge in [-0.2, -0.15) is 0 Å². The maximum Gasteiger partial charge on any atom is 0.242 e. The lowest BCUT2D eigenvalue weighted by atomic mass is 10.2. The number of nitrogens with zero attached hydrogens (tertiary/aromatic N) is 5. The zero-order valence-corrected chi connectivity index (χ0v) is 18.9. The minimum absolute atomic E-state index is 0.188. The molecule has 0 aliphatic carbocycles. The summed E-state index contributed by atoms with van der Waals surface area (Å²) in [4.78, 5) is 9.40. The molecule has 0 saturated carbocycles. The van der Waals surface area contributed by atoms with E-state index >= 15 is 0 Å². The Balaban J connectivity index is 1.53. The van der Waals surface area contributed by atoms with Gasteiger partial charge in [0.1, 0.15) is 11.6 Å². The second-order valence-corrected chi connectivity index (χ2v) is 10.1. The molecule has 1 fully saturated rings. The summed E-state index contributed by atoms with van der Waals surface area (Å²) >= 11 is 0. The van der Waals surface area contributed by atoms with Crippen molar-refractivity contribution >= 4 is 26.7 Å². The molecule has 0 spiro atoms. The SMILES string of the molecule is CCn1c(CN2CCN(c3ccccc3F)CC2)nc2cc(S(=O)(=O)N(C)C)ccc21. The molecule has 7 nitrogen and oxygen atoms in total. The molecule has 1 aliphatic rings. The minimum atomic E-state index is -3.50. The molecule has 0 bridgehead atoms. The molecule has 1 saturated heterocycles. The van der Waals surface area contributed by atoms with E-state index in [0.29, 0.717) is 17.7 Å². The fraction of sp³-hybridized carbons (Fsp3) is 0.409. The molecular formula is C22H28FN5O2S. The second kappa shape index (κ2) is 8.57. The summed E-state index contributed by atoms with van der Waals surface area (Å²) in [6.45, 7) is 6.59. The topological polar surface area (TPSA) is 61.7 Å². The quantitative estimate of drug-likeness (QED) is 0.584. The number of fused-ring (bicyclic) bond motifs is 1. The summed E-state index contributed by atoms with van der Waals surface area (Å²) in [7, 11) is -0.456. The fourth-order valence-corrected chi connectivity index (χ4v) is 4.98. The fourth-order valence-electron chi connectivity index (χ4n) is 4.06. The average molecular weight is 446 g/mol. The highest BCUT2D eigenvalue weighted by atomic mass is 32.2. The molecule has 31 heavy (non-hydrogen) atoms. The largest absolute Gasteiger partial charge is 0.367 e. The smallest absolute Gasteiger partial charge is 0.242 e. The van der Waals surface area contributed by atoms with Gasteiger partial charge in [-0.05, 0) is 37.3 Å². The summed E-state index contributed by atoms with van der Waals surface area (Å²) in [5.74, 6) is 0.725. The Hall–Kier alpha value is -2.49. The van der Waals surface area contributed by atoms with Gasteiger partial charge in [-0.3, -0.25) is 4.90 Å². The first kappa shape index (κ1) is 21.7. The molecule has 0 atom stereocenters. The number of anilines is 1. The van der Waals surface area contributed by atoms with Gasteiger partial charge in [0.2, 0.25) is 10.0 Å². The van der Waals surface area contributed by atoms with E-state index in [2.05, 4.69) is 21.3 Å². The molecular weight excluding hydrogens is 417 g/mol. The third-order valence-electron chi connectivity index (χ3n) is 5.82. The molecule has 3 aromatic rings. The lowest BCUT2D eigenvalue weighted by Gasteiger charge is -2.36. The molecule has 1 aromatic heterocycles. The van der Waals surface area contributed by atoms with Crippen LogP contribution in [0.5, 0.6) is 0 Å². The van der Waals surface area contributed by atoms with Crippen molar-refractivity contribution in [1.82, 2.24) is 18.8 Å². The molecule has 166 valence electrons. The van der Waals surface area contributed by atoms with Crippen LogP contribution in [-0.4, -0.2) is 67.4 Å². The maximum atomic E-state index is 14.1. The predicted molar refractivity (Wildman–Crippen MR) is 120 cm³/mol. The zero-order valence-electron chi connectivity index (χ0n) is 18.1. The number of aryl methyl sites for hydroxylation is 1. The molecule has 2 aromatic carbocycles. The standard InChI is InChI=1S/C22H28FN5O2S/c1-4-28-21-10-9-17(31(29,30)25(2)3)15-19(21)24-22(28)16-26-11-13-27(14-12-26)20-8-6-5-7-18(20)23/h5-10,15H,4,11-14,16H2,1-3H3. The van der Waals surface area contributed by atoms with Crippen LogP contribution in [0.1, 0.15) is 12.7 Å². The van der Waals surface area contributed by atoms with Gasteiger partial charge >= 0.3 is 0 Å². The number of halogens is 1. The van der Waals surface area contributed by atoms with Crippen LogP contribution in [0.2, 0.25) is 0 Å². The van der Waals surface area contributed by atoms with Crippen molar-refractivity contribution in [2.24, 2.45) is 0 Å². The number of hydrogen-bond donors (Lipinski definition) is 0. The van der Waals surface area contributed by atoms with E-state index in [1.807, 2.05) is 18.2 Å². The number of hydrogen-bond acceptors (Lipinski definition) is 5. The minimum Gasteiger partial charge on any atom is -0.367 e. The Morgan fingerprint density at radius 2 is 1.77 bits per heavy atom. The maximum absolute atomic E-state index is 14.1. The van der Waals surface area contributed by atoms with E-state index in [9.17, 15) is 12.8 Å². The third-order valence-corrected chi connectivity index (χ3v) is 7.64. The monoisotopic (exact) mass is 445 g/mol. The molecule has 0 radical (unpaired) electrons. The molecule has 9 heteroatoms. The van der Waals surface area contributed by atoms with Gasteiger partial charge in [-0.15, -0.1) is 0 Å². The highest BCUT2D eigenvalue weighted by Gasteiger charge is 2.23. The zero-order chi connectivity index (χ0) is 22.2. The number of para-hydroxylation sites is 1. The molecule has 0 amide bonds. The van der Waals surface area contributed by atoms with E-state index < -0.39 is 10.0 Å². The van der Waals surface area contributed by atoms with Crippen LogP contribution >= 0.6 is 0 Å². The molecule has 1 aliphatic heterocycles. The van der Waals surface area contributed by atoms with Crippen LogP contribution in [0.3, 0.4) is 0 Å². The van der Waals surface area contributed by atoms with Crippen molar-refractivity contribution in [2.75, 3.05) is 45.2 Å². The summed E-state index contributed by atoms with van der Waals surface area (Å²) < 4.78 is 42.4. The molecule has 0 unspecified atom stereocenters. The van der Waals surface area contributed by atoms with Crippen LogP contribution < -0.4 is 4.90 Å². The summed E-state index contributed by atoms with van der Waals surface area (Å²) in [6, 6.07) is 12.0. The Morgan fingerprint density at radius 3 is 2.42 bits per heavy atom. The van der Waals surface area contributed by atoms with Crippen molar-refractivity contribution < 1.29 is 12.8 Å². The molecule has 0 N–H and O–H groups in total. The van der Waals surface area contributed by atoms with E-state index in [0.717, 1.165) is 44.1 Å². The van der Waals surface area contributed by atoms with Gasteiger partial charge in [-0.25, -0.2) is 22.1 Å².